The van der Waals surface area contributed by atoms with Crippen LogP contribution in [0.25, 0.3) is 0 Å². The molecule has 1 aromatic rings. The molecular formula is C12H17NO5S. The Balaban J connectivity index is 3.15. The van der Waals surface area contributed by atoms with Gasteiger partial charge in [-0.25, -0.2) is 17.9 Å². The van der Waals surface area contributed by atoms with Gasteiger partial charge in [0.25, 0.3) is 0 Å². The third-order valence-electron chi connectivity index (χ3n) is 2.78. The van der Waals surface area contributed by atoms with Crippen LogP contribution in [0.15, 0.2) is 23.1 Å². The average Bonchev–Trinajstić information content (AvgIpc) is 2.35. The Morgan fingerprint density at radius 1 is 1.42 bits per heavy atom. The molecule has 0 spiro atoms. The summed E-state index contributed by atoms with van der Waals surface area (Å²) in [5.74, 6) is -1.18. The van der Waals surface area contributed by atoms with Crippen LogP contribution in [-0.2, 0) is 10.0 Å². The van der Waals surface area contributed by atoms with Crippen molar-refractivity contribution in [2.45, 2.75) is 31.2 Å². The van der Waals surface area contributed by atoms with Crippen LogP contribution in [-0.4, -0.2) is 37.2 Å². The molecule has 0 unspecified atom stereocenters. The summed E-state index contributed by atoms with van der Waals surface area (Å²) in [5.41, 5.74) is 0.431. The molecule has 0 saturated heterocycles. The van der Waals surface area contributed by atoms with E-state index in [1.54, 1.807) is 13.8 Å². The molecule has 0 amide bonds. The number of carboxylic acids is 1. The quantitative estimate of drug-likeness (QED) is 0.716. The van der Waals surface area contributed by atoms with Crippen molar-refractivity contribution in [2.24, 2.45) is 0 Å². The summed E-state index contributed by atoms with van der Waals surface area (Å²) in [4.78, 5) is 10.9. The first-order valence-electron chi connectivity index (χ1n) is 5.79. The molecule has 0 aliphatic carbocycles. The number of aliphatic hydroxyl groups is 1. The second-order valence-corrected chi connectivity index (χ2v) is 5.90. The summed E-state index contributed by atoms with van der Waals surface area (Å²) >= 11 is 0. The van der Waals surface area contributed by atoms with Crippen molar-refractivity contribution in [3.05, 3.63) is 29.3 Å². The van der Waals surface area contributed by atoms with E-state index in [9.17, 15) is 13.2 Å². The number of hydrogen-bond donors (Lipinski definition) is 3. The van der Waals surface area contributed by atoms with Crippen molar-refractivity contribution in [1.82, 2.24) is 4.72 Å². The van der Waals surface area contributed by atoms with Gasteiger partial charge < -0.3 is 10.2 Å². The Hall–Kier alpha value is -1.44. The van der Waals surface area contributed by atoms with Crippen LogP contribution in [0.4, 0.5) is 0 Å². The molecule has 0 bridgehead atoms. The Bertz CT molecular complexity index is 563. The minimum Gasteiger partial charge on any atom is -0.478 e. The molecule has 0 aliphatic heterocycles. The highest BCUT2D eigenvalue weighted by Gasteiger charge is 2.20. The highest BCUT2D eigenvalue weighted by atomic mass is 32.2. The minimum atomic E-state index is -3.83. The molecule has 7 heteroatoms. The van der Waals surface area contributed by atoms with E-state index in [-0.39, 0.29) is 17.1 Å². The Morgan fingerprint density at radius 2 is 2.05 bits per heavy atom. The van der Waals surface area contributed by atoms with E-state index in [1.807, 2.05) is 0 Å². The molecule has 1 rings (SSSR count). The minimum absolute atomic E-state index is 0.0556. The van der Waals surface area contributed by atoms with Gasteiger partial charge in [-0.1, -0.05) is 13.0 Å². The highest BCUT2D eigenvalue weighted by molar-refractivity contribution is 7.89. The maximum Gasteiger partial charge on any atom is 0.335 e. The molecule has 0 radical (unpaired) electrons. The van der Waals surface area contributed by atoms with Gasteiger partial charge in [0.15, 0.2) is 0 Å². The average molecular weight is 287 g/mol. The molecule has 0 aromatic heterocycles. The number of rotatable bonds is 6. The zero-order valence-corrected chi connectivity index (χ0v) is 11.6. The van der Waals surface area contributed by atoms with E-state index in [1.165, 1.54) is 12.1 Å². The van der Waals surface area contributed by atoms with Gasteiger partial charge in [-0.15, -0.1) is 0 Å². The second-order valence-electron chi connectivity index (χ2n) is 4.19. The van der Waals surface area contributed by atoms with Crippen molar-refractivity contribution in [3.8, 4) is 0 Å². The first-order chi connectivity index (χ1) is 8.81. The number of hydrogen-bond acceptors (Lipinski definition) is 4. The van der Waals surface area contributed by atoms with Crippen LogP contribution in [0, 0.1) is 6.92 Å². The second kappa shape index (κ2) is 6.14. The molecule has 6 nitrogen and oxygen atoms in total. The lowest BCUT2D eigenvalue weighted by molar-refractivity contribution is 0.0696. The van der Waals surface area contributed by atoms with Crippen molar-refractivity contribution in [3.63, 3.8) is 0 Å². The molecule has 106 valence electrons. The smallest absolute Gasteiger partial charge is 0.335 e. The maximum atomic E-state index is 12.0. The Morgan fingerprint density at radius 3 is 2.53 bits per heavy atom. The number of benzene rings is 1. The Labute approximate surface area is 112 Å². The number of aliphatic hydroxyl groups excluding tert-OH is 1. The number of carboxylic acid groups (broad SMARTS) is 1. The fourth-order valence-electron chi connectivity index (χ4n) is 1.54. The van der Waals surface area contributed by atoms with Crippen LogP contribution < -0.4 is 4.72 Å². The molecule has 1 aromatic carbocycles. The molecular weight excluding hydrogens is 270 g/mol. The van der Waals surface area contributed by atoms with Gasteiger partial charge in [0.2, 0.25) is 10.0 Å². The first kappa shape index (κ1) is 15.6. The summed E-state index contributed by atoms with van der Waals surface area (Å²) in [6, 6.07) is 3.32. The van der Waals surface area contributed by atoms with Crippen LogP contribution >= 0.6 is 0 Å². The van der Waals surface area contributed by atoms with E-state index in [0.29, 0.717) is 12.0 Å². The van der Waals surface area contributed by atoms with Crippen LogP contribution in [0.1, 0.15) is 29.3 Å². The number of sulfonamides is 1. The van der Waals surface area contributed by atoms with Gasteiger partial charge in [0.05, 0.1) is 17.1 Å². The van der Waals surface area contributed by atoms with Crippen molar-refractivity contribution < 1.29 is 23.4 Å². The molecule has 3 N–H and O–H groups in total. The van der Waals surface area contributed by atoms with Crippen molar-refractivity contribution in [2.75, 3.05) is 6.61 Å². The summed E-state index contributed by atoms with van der Waals surface area (Å²) < 4.78 is 26.4. The Kier molecular flexibility index (Phi) is 5.04. The van der Waals surface area contributed by atoms with Crippen LogP contribution in [0.5, 0.6) is 0 Å². The van der Waals surface area contributed by atoms with Gasteiger partial charge in [-0.05, 0) is 31.0 Å². The van der Waals surface area contributed by atoms with Gasteiger partial charge in [0, 0.05) is 6.04 Å². The largest absolute Gasteiger partial charge is 0.478 e. The normalized spacial score (nSPS) is 13.2. The zero-order chi connectivity index (χ0) is 14.6. The fourth-order valence-corrected chi connectivity index (χ4v) is 2.87. The number of aromatic carboxylic acids is 1. The SMILES string of the molecule is CC[C@H](CO)NS(=O)(=O)c1ccc(C)c(C(=O)O)c1. The van der Waals surface area contributed by atoms with E-state index in [0.717, 1.165) is 6.07 Å². The van der Waals surface area contributed by atoms with Crippen molar-refractivity contribution >= 4 is 16.0 Å². The lowest BCUT2D eigenvalue weighted by Gasteiger charge is -2.15. The number of aryl methyl sites for hydroxylation is 1. The molecule has 0 aliphatic rings. The third-order valence-corrected chi connectivity index (χ3v) is 4.30. The molecule has 19 heavy (non-hydrogen) atoms. The predicted molar refractivity (Wildman–Crippen MR) is 69.6 cm³/mol. The lowest BCUT2D eigenvalue weighted by Crippen LogP contribution is -2.37. The summed E-state index contributed by atoms with van der Waals surface area (Å²) in [6.07, 6.45) is 0.438. The highest BCUT2D eigenvalue weighted by Crippen LogP contribution is 2.16. The van der Waals surface area contributed by atoms with Gasteiger partial charge in [-0.3, -0.25) is 0 Å². The van der Waals surface area contributed by atoms with E-state index < -0.39 is 22.0 Å². The van der Waals surface area contributed by atoms with E-state index in [2.05, 4.69) is 4.72 Å². The van der Waals surface area contributed by atoms with E-state index in [4.69, 9.17) is 10.2 Å². The summed E-state index contributed by atoms with van der Waals surface area (Å²) in [6.45, 7) is 3.02. The monoisotopic (exact) mass is 287 g/mol. The molecule has 0 saturated carbocycles. The number of carbonyl (C=O) groups is 1. The summed E-state index contributed by atoms with van der Waals surface area (Å²) in [7, 11) is -3.83. The fraction of sp³-hybridized carbons (Fsp3) is 0.417. The maximum absolute atomic E-state index is 12.0. The number of nitrogens with one attached hydrogen (secondary N) is 1. The third kappa shape index (κ3) is 3.76. The molecule has 0 fully saturated rings. The predicted octanol–water partition coefficient (Wildman–Crippen LogP) is 0.742. The lowest BCUT2D eigenvalue weighted by atomic mass is 10.1. The first-order valence-corrected chi connectivity index (χ1v) is 7.27. The van der Waals surface area contributed by atoms with Gasteiger partial charge >= 0.3 is 5.97 Å². The van der Waals surface area contributed by atoms with Crippen LogP contribution in [0.3, 0.4) is 0 Å². The van der Waals surface area contributed by atoms with Crippen molar-refractivity contribution in [1.29, 1.82) is 0 Å². The summed E-state index contributed by atoms with van der Waals surface area (Å²) in [5, 5.41) is 18.0. The zero-order valence-electron chi connectivity index (χ0n) is 10.8. The molecule has 0 heterocycles. The standard InChI is InChI=1S/C12H17NO5S/c1-3-9(7-14)13-19(17,18)10-5-4-8(2)11(6-10)12(15)16/h4-6,9,13-14H,3,7H2,1-2H3,(H,15,16)/t9-/m1/s1. The van der Waals surface area contributed by atoms with E-state index >= 15 is 0 Å². The van der Waals surface area contributed by atoms with Gasteiger partial charge in [-0.2, -0.15) is 0 Å². The molecule has 1 atom stereocenters. The van der Waals surface area contributed by atoms with Gasteiger partial charge in [0.1, 0.15) is 0 Å². The topological polar surface area (TPSA) is 104 Å². The van der Waals surface area contributed by atoms with Crippen LogP contribution in [0.2, 0.25) is 0 Å².